The topological polar surface area (TPSA) is 76.7 Å². The van der Waals surface area contributed by atoms with E-state index < -0.39 is 0 Å². The fourth-order valence-corrected chi connectivity index (χ4v) is 8.80. The molecule has 5 nitrogen and oxygen atoms in total. The predicted octanol–water partition coefficient (Wildman–Crippen LogP) is 6.91. The van der Waals surface area contributed by atoms with Gasteiger partial charge in [0.15, 0.2) is 0 Å². The fourth-order valence-electron chi connectivity index (χ4n) is 8.80. The third-order valence-electron chi connectivity index (χ3n) is 10.4. The summed E-state index contributed by atoms with van der Waals surface area (Å²) in [4.78, 5) is 13.9. The summed E-state index contributed by atoms with van der Waals surface area (Å²) >= 11 is 0. The van der Waals surface area contributed by atoms with Crippen molar-refractivity contribution in [2.45, 2.75) is 118 Å². The van der Waals surface area contributed by atoms with Crippen LogP contribution < -0.4 is 11.1 Å². The third kappa shape index (κ3) is 6.26. The van der Waals surface area contributed by atoms with Gasteiger partial charge >= 0.3 is 0 Å². The van der Waals surface area contributed by atoms with Crippen LogP contribution >= 0.6 is 0 Å². The molecular weight excluding hydrogens is 446 g/mol. The lowest BCUT2D eigenvalue weighted by Crippen LogP contribution is -2.50. The van der Waals surface area contributed by atoms with Gasteiger partial charge in [0.25, 0.3) is 0 Å². The van der Waals surface area contributed by atoms with Gasteiger partial charge in [-0.15, -0.1) is 0 Å². The van der Waals surface area contributed by atoms with E-state index in [0.717, 1.165) is 30.9 Å². The zero-order valence-electron chi connectivity index (χ0n) is 24.4. The molecule has 36 heavy (non-hydrogen) atoms. The molecule has 1 heterocycles. The molecule has 0 aromatic carbocycles. The van der Waals surface area contributed by atoms with E-state index in [2.05, 4.69) is 43.1 Å². The van der Waals surface area contributed by atoms with Crippen molar-refractivity contribution in [3.63, 3.8) is 0 Å². The minimum absolute atomic E-state index is 0.438. The summed E-state index contributed by atoms with van der Waals surface area (Å²) in [6.07, 6.45) is 19.0. The maximum atomic E-state index is 8.00. The molecule has 0 amide bonds. The van der Waals surface area contributed by atoms with Crippen molar-refractivity contribution in [3.8, 4) is 0 Å². The first-order chi connectivity index (χ1) is 17.5. The van der Waals surface area contributed by atoms with E-state index in [9.17, 15) is 0 Å². The molecule has 0 radical (unpaired) electrons. The SMILES string of the molecule is C/C(=N\OCC1CCCCN1)C1CCC2C3CCC4=CCCCC4(C)C3CCC12C.C=O.CC.CN. The van der Waals surface area contributed by atoms with E-state index in [1.54, 1.807) is 0 Å². The Bertz CT molecular complexity index is 717. The number of nitrogens with two attached hydrogens (primary N) is 1. The van der Waals surface area contributed by atoms with Crippen molar-refractivity contribution in [1.29, 1.82) is 0 Å². The Hall–Kier alpha value is -1.20. The number of rotatable bonds is 4. The van der Waals surface area contributed by atoms with Crippen LogP contribution in [-0.2, 0) is 9.63 Å². The van der Waals surface area contributed by atoms with E-state index in [1.165, 1.54) is 89.8 Å². The van der Waals surface area contributed by atoms with Crippen LogP contribution in [-0.4, -0.2) is 38.7 Å². The molecule has 7 unspecified atom stereocenters. The molecule has 4 aliphatic carbocycles. The van der Waals surface area contributed by atoms with Gasteiger partial charge in [-0.1, -0.05) is 50.9 Å². The molecule has 0 spiro atoms. The first-order valence-corrected chi connectivity index (χ1v) is 15.0. The maximum absolute atomic E-state index is 8.00. The first-order valence-electron chi connectivity index (χ1n) is 15.0. The number of nitrogens with one attached hydrogen (secondary N) is 1. The zero-order valence-corrected chi connectivity index (χ0v) is 24.4. The summed E-state index contributed by atoms with van der Waals surface area (Å²) in [7, 11) is 1.50. The molecule has 7 atom stereocenters. The largest absolute Gasteiger partial charge is 0.394 e. The van der Waals surface area contributed by atoms with Crippen LogP contribution in [0.1, 0.15) is 112 Å². The highest BCUT2D eigenvalue weighted by atomic mass is 16.6. The number of piperidine rings is 1. The number of allylic oxidation sites excluding steroid dienone is 2. The molecule has 0 bridgehead atoms. The van der Waals surface area contributed by atoms with Crippen molar-refractivity contribution < 1.29 is 9.63 Å². The monoisotopic (exact) mass is 503 g/mol. The molecule has 3 saturated carbocycles. The van der Waals surface area contributed by atoms with Crippen LogP contribution in [0.25, 0.3) is 0 Å². The zero-order chi connectivity index (χ0) is 26.8. The van der Waals surface area contributed by atoms with E-state index >= 15 is 0 Å². The minimum atomic E-state index is 0.438. The lowest BCUT2D eigenvalue weighted by Gasteiger charge is -2.58. The van der Waals surface area contributed by atoms with Gasteiger partial charge in [-0.2, -0.15) is 0 Å². The van der Waals surface area contributed by atoms with Crippen molar-refractivity contribution >= 4 is 12.5 Å². The molecule has 3 N–H and O–H groups in total. The normalized spacial score (nSPS) is 39.1. The number of oxime groups is 1. The molecule has 5 rings (SSSR count). The molecule has 4 fully saturated rings. The Balaban J connectivity index is 0.000000710. The molecule has 5 heteroatoms. The minimum Gasteiger partial charge on any atom is -0.394 e. The Kier molecular flexibility index (Phi) is 12.6. The van der Waals surface area contributed by atoms with E-state index in [4.69, 9.17) is 9.63 Å². The average molecular weight is 504 g/mol. The predicted molar refractivity (Wildman–Crippen MR) is 153 cm³/mol. The number of fused-ring (bicyclic) bond motifs is 5. The fraction of sp³-hybridized carbons (Fsp3) is 0.871. The van der Waals surface area contributed by atoms with Gasteiger partial charge < -0.3 is 20.7 Å². The second-order valence-electron chi connectivity index (χ2n) is 11.8. The van der Waals surface area contributed by atoms with Crippen molar-refractivity contribution in [2.75, 3.05) is 20.2 Å². The van der Waals surface area contributed by atoms with Crippen LogP contribution in [0.4, 0.5) is 0 Å². The second kappa shape index (κ2) is 14.7. The highest BCUT2D eigenvalue weighted by Crippen LogP contribution is 2.66. The van der Waals surface area contributed by atoms with Gasteiger partial charge in [-0.25, -0.2) is 0 Å². The average Bonchev–Trinajstić information content (AvgIpc) is 3.30. The Morgan fingerprint density at radius 1 is 1.06 bits per heavy atom. The number of hydrogen-bond acceptors (Lipinski definition) is 5. The lowest BCUT2D eigenvalue weighted by molar-refractivity contribution is -0.0980. The van der Waals surface area contributed by atoms with Crippen LogP contribution in [0, 0.1) is 34.5 Å². The van der Waals surface area contributed by atoms with Gasteiger partial charge in [0.2, 0.25) is 0 Å². The Labute approximate surface area is 222 Å². The van der Waals surface area contributed by atoms with Crippen molar-refractivity contribution in [1.82, 2.24) is 5.32 Å². The van der Waals surface area contributed by atoms with Gasteiger partial charge in [0.1, 0.15) is 13.4 Å². The summed E-state index contributed by atoms with van der Waals surface area (Å²) in [5, 5.41) is 8.26. The molecule has 0 aromatic heterocycles. The van der Waals surface area contributed by atoms with Crippen molar-refractivity contribution in [3.05, 3.63) is 11.6 Å². The molecular formula is C31H57N3O2. The molecule has 0 aromatic rings. The third-order valence-corrected chi connectivity index (χ3v) is 10.4. The van der Waals surface area contributed by atoms with Crippen LogP contribution in [0.5, 0.6) is 0 Å². The van der Waals surface area contributed by atoms with Gasteiger partial charge in [0.05, 0.1) is 5.71 Å². The number of carbonyl (C=O) groups is 1. The van der Waals surface area contributed by atoms with Gasteiger partial charge in [0, 0.05) is 12.0 Å². The Morgan fingerprint density at radius 2 is 1.81 bits per heavy atom. The summed E-state index contributed by atoms with van der Waals surface area (Å²) in [6.45, 7) is 15.4. The Morgan fingerprint density at radius 3 is 2.50 bits per heavy atom. The molecule has 1 aliphatic heterocycles. The maximum Gasteiger partial charge on any atom is 0.132 e. The van der Waals surface area contributed by atoms with E-state index in [1.807, 2.05) is 26.2 Å². The van der Waals surface area contributed by atoms with E-state index in [0.29, 0.717) is 22.8 Å². The summed E-state index contributed by atoms with van der Waals surface area (Å²) in [5.74, 6) is 3.39. The van der Waals surface area contributed by atoms with Crippen molar-refractivity contribution in [2.24, 2.45) is 45.4 Å². The summed E-state index contributed by atoms with van der Waals surface area (Å²) in [5.41, 5.74) is 8.55. The highest BCUT2D eigenvalue weighted by molar-refractivity contribution is 5.85. The van der Waals surface area contributed by atoms with Crippen LogP contribution in [0.15, 0.2) is 16.8 Å². The standard InChI is InChI=1S/C27H44N2O.C2H6.CH5N.CH2O/c1-19(29-30-18-21-9-5-7-17-28-21)23-12-13-24-22-11-10-20-8-4-6-15-26(20,2)25(22)14-16-27(23,24)3;3*1-2/h8,21-25,28H,4-7,9-18H2,1-3H3;1-2H3;2H2,1H3;1H2/b29-19+;;;. The summed E-state index contributed by atoms with van der Waals surface area (Å²) in [6, 6.07) is 0.498. The van der Waals surface area contributed by atoms with Crippen LogP contribution in [0.2, 0.25) is 0 Å². The second-order valence-corrected chi connectivity index (χ2v) is 11.8. The van der Waals surface area contributed by atoms with Crippen LogP contribution in [0.3, 0.4) is 0 Å². The quantitative estimate of drug-likeness (QED) is 0.248. The molecule has 208 valence electrons. The van der Waals surface area contributed by atoms with Gasteiger partial charge in [-0.05, 0) is 120 Å². The smallest absolute Gasteiger partial charge is 0.132 e. The lowest BCUT2D eigenvalue weighted by atomic mass is 9.47. The number of carbonyl (C=O) groups excluding carboxylic acids is 1. The van der Waals surface area contributed by atoms with Gasteiger partial charge in [-0.3, -0.25) is 0 Å². The number of nitrogens with zero attached hydrogens (tertiary/aromatic N) is 1. The first kappa shape index (κ1) is 31.0. The molecule has 5 aliphatic rings. The number of hydrogen-bond donors (Lipinski definition) is 2. The molecule has 1 saturated heterocycles. The summed E-state index contributed by atoms with van der Waals surface area (Å²) < 4.78 is 0. The highest BCUT2D eigenvalue weighted by Gasteiger charge is 2.59. The van der Waals surface area contributed by atoms with E-state index in [-0.39, 0.29) is 0 Å².